The monoisotopic (exact) mass is 483 g/mol. The van der Waals surface area contributed by atoms with Gasteiger partial charge in [0.2, 0.25) is 5.91 Å². The van der Waals surface area contributed by atoms with Crippen LogP contribution in [0.4, 0.5) is 15.8 Å². The molecule has 0 saturated heterocycles. The number of hydrogen-bond donors (Lipinski definition) is 1. The lowest BCUT2D eigenvalue weighted by Crippen LogP contribution is -2.38. The summed E-state index contributed by atoms with van der Waals surface area (Å²) in [5, 5.41) is 3.53. The molecule has 2 atom stereocenters. The summed E-state index contributed by atoms with van der Waals surface area (Å²) >= 11 is 0. The van der Waals surface area contributed by atoms with Crippen molar-refractivity contribution in [2.24, 2.45) is 0 Å². The van der Waals surface area contributed by atoms with Crippen molar-refractivity contribution < 1.29 is 14.0 Å². The number of anilines is 2. The molecule has 2 aromatic carbocycles. The van der Waals surface area contributed by atoms with Crippen molar-refractivity contribution in [2.75, 3.05) is 10.2 Å². The molecule has 1 amide bonds. The zero-order valence-corrected chi connectivity index (χ0v) is 20.4. The van der Waals surface area contributed by atoms with E-state index in [2.05, 4.69) is 17.2 Å². The van der Waals surface area contributed by atoms with Gasteiger partial charge < -0.3 is 5.32 Å². The number of amides is 1. The van der Waals surface area contributed by atoms with Gasteiger partial charge in [0, 0.05) is 36.5 Å². The van der Waals surface area contributed by atoms with E-state index in [0.29, 0.717) is 24.8 Å². The normalized spacial score (nSPS) is 19.3. The molecule has 184 valence electrons. The van der Waals surface area contributed by atoms with Gasteiger partial charge >= 0.3 is 0 Å². The van der Waals surface area contributed by atoms with Crippen LogP contribution in [0, 0.1) is 5.82 Å². The summed E-state index contributed by atoms with van der Waals surface area (Å²) in [5.41, 5.74) is 4.72. The zero-order valence-electron chi connectivity index (χ0n) is 20.4. The lowest BCUT2D eigenvalue weighted by Gasteiger charge is -2.35. The average Bonchev–Trinajstić information content (AvgIpc) is 3.04. The number of unbranched alkanes of at least 4 members (excludes halogenated alkanes) is 2. The van der Waals surface area contributed by atoms with Crippen LogP contribution < -0.4 is 10.2 Å². The molecule has 1 aliphatic heterocycles. The molecule has 0 spiro atoms. The summed E-state index contributed by atoms with van der Waals surface area (Å²) < 4.78 is 13.6. The second kappa shape index (κ2) is 10.4. The first kappa shape index (κ1) is 23.9. The van der Waals surface area contributed by atoms with Gasteiger partial charge in [-0.1, -0.05) is 50.1 Å². The number of hydrogen-bond acceptors (Lipinski definition) is 4. The number of nitrogens with one attached hydrogen (secondary N) is 1. The van der Waals surface area contributed by atoms with Gasteiger partial charge in [0.05, 0.1) is 17.4 Å². The van der Waals surface area contributed by atoms with E-state index in [-0.39, 0.29) is 23.4 Å². The van der Waals surface area contributed by atoms with Gasteiger partial charge in [0.15, 0.2) is 5.78 Å². The molecule has 0 fully saturated rings. The second-order valence-corrected chi connectivity index (χ2v) is 9.52. The fourth-order valence-corrected chi connectivity index (χ4v) is 5.34. The Hall–Kier alpha value is -3.80. The van der Waals surface area contributed by atoms with Crippen molar-refractivity contribution in [3.8, 4) is 0 Å². The fourth-order valence-electron chi connectivity index (χ4n) is 5.34. The van der Waals surface area contributed by atoms with Crippen molar-refractivity contribution in [3.05, 3.63) is 101 Å². The molecular weight excluding hydrogens is 453 g/mol. The maximum absolute atomic E-state index is 13.9. The number of aromatic nitrogens is 1. The molecule has 3 aromatic rings. The van der Waals surface area contributed by atoms with Crippen molar-refractivity contribution in [1.29, 1.82) is 0 Å². The summed E-state index contributed by atoms with van der Waals surface area (Å²) in [6.07, 6.45) is 7.55. The summed E-state index contributed by atoms with van der Waals surface area (Å²) in [5.74, 6) is -0.381. The van der Waals surface area contributed by atoms with Crippen LogP contribution >= 0.6 is 0 Å². The third kappa shape index (κ3) is 4.68. The number of carbonyl (C=O) groups is 2. The lowest BCUT2D eigenvalue weighted by atomic mass is 9.78. The highest BCUT2D eigenvalue weighted by Gasteiger charge is 2.41. The van der Waals surface area contributed by atoms with Gasteiger partial charge in [-0.25, -0.2) is 4.39 Å². The van der Waals surface area contributed by atoms with Gasteiger partial charge in [-0.05, 0) is 60.2 Å². The number of pyridine rings is 1. The molecule has 1 aromatic heterocycles. The molecule has 2 heterocycles. The number of fused-ring (bicyclic) bond motifs is 1. The highest BCUT2D eigenvalue weighted by molar-refractivity contribution is 6.06. The molecular formula is C30H30FN3O2. The number of Topliss-reactive ketones (excluding diaryl/α,β-unsaturated/α-hetero) is 1. The van der Waals surface area contributed by atoms with Gasteiger partial charge in [-0.15, -0.1) is 0 Å². The summed E-state index contributed by atoms with van der Waals surface area (Å²) in [7, 11) is 0. The van der Waals surface area contributed by atoms with E-state index in [1.54, 1.807) is 29.4 Å². The molecule has 6 heteroatoms. The summed E-state index contributed by atoms with van der Waals surface area (Å²) in [4.78, 5) is 33.8. The Bertz CT molecular complexity index is 1290. The topological polar surface area (TPSA) is 62.3 Å². The highest BCUT2D eigenvalue weighted by atomic mass is 19.1. The van der Waals surface area contributed by atoms with Crippen LogP contribution in [0.25, 0.3) is 0 Å². The van der Waals surface area contributed by atoms with Crippen LogP contribution in [0.5, 0.6) is 0 Å². The van der Waals surface area contributed by atoms with E-state index >= 15 is 0 Å². The van der Waals surface area contributed by atoms with E-state index in [9.17, 15) is 14.0 Å². The van der Waals surface area contributed by atoms with E-state index in [1.807, 2.05) is 36.4 Å². The number of rotatable bonds is 6. The third-order valence-electron chi connectivity index (χ3n) is 7.09. The van der Waals surface area contributed by atoms with Crippen LogP contribution in [-0.4, -0.2) is 16.7 Å². The van der Waals surface area contributed by atoms with Crippen LogP contribution in [0.1, 0.15) is 68.5 Å². The van der Waals surface area contributed by atoms with Crippen molar-refractivity contribution >= 4 is 23.1 Å². The van der Waals surface area contributed by atoms with Gasteiger partial charge in [0.1, 0.15) is 5.82 Å². The molecule has 2 aliphatic rings. The van der Waals surface area contributed by atoms with Crippen LogP contribution in [0.15, 0.2) is 84.3 Å². The molecule has 0 saturated carbocycles. The van der Waals surface area contributed by atoms with Gasteiger partial charge in [0.25, 0.3) is 0 Å². The van der Waals surface area contributed by atoms with Crippen molar-refractivity contribution in [1.82, 2.24) is 4.98 Å². The number of halogens is 1. The number of nitrogens with zero attached hydrogens (tertiary/aromatic N) is 2. The molecule has 0 bridgehead atoms. The van der Waals surface area contributed by atoms with Crippen LogP contribution in [0.2, 0.25) is 0 Å². The van der Waals surface area contributed by atoms with Gasteiger partial charge in [-0.2, -0.15) is 0 Å². The van der Waals surface area contributed by atoms with Crippen LogP contribution in [0.3, 0.4) is 0 Å². The highest BCUT2D eigenvalue weighted by Crippen LogP contribution is 2.47. The first-order valence-electron chi connectivity index (χ1n) is 12.7. The zero-order chi connectivity index (χ0) is 25.1. The molecule has 36 heavy (non-hydrogen) atoms. The molecule has 5 nitrogen and oxygen atoms in total. The minimum atomic E-state index is -0.569. The maximum atomic E-state index is 13.9. The predicted molar refractivity (Wildman–Crippen MR) is 139 cm³/mol. The number of carbonyl (C=O) groups excluding carboxylic acids is 2. The third-order valence-corrected chi connectivity index (χ3v) is 7.09. The summed E-state index contributed by atoms with van der Waals surface area (Å²) in [6.45, 7) is 2.11. The lowest BCUT2D eigenvalue weighted by molar-refractivity contribution is -0.119. The van der Waals surface area contributed by atoms with E-state index in [4.69, 9.17) is 0 Å². The number of ketones is 1. The Balaban J connectivity index is 1.64. The number of allylic oxidation sites excluding steroid dienone is 1. The second-order valence-electron chi connectivity index (χ2n) is 9.52. The van der Waals surface area contributed by atoms with E-state index in [0.717, 1.165) is 47.5 Å². The smallest absolute Gasteiger partial charge is 0.227 e. The molecule has 1 N–H and O–H groups in total. The quantitative estimate of drug-likeness (QED) is 0.396. The maximum Gasteiger partial charge on any atom is 0.227 e. The fraction of sp³-hybridized carbons (Fsp3) is 0.300. The van der Waals surface area contributed by atoms with Crippen LogP contribution in [-0.2, 0) is 9.59 Å². The Kier molecular flexibility index (Phi) is 6.94. The average molecular weight is 484 g/mol. The molecule has 5 rings (SSSR count). The first-order valence-corrected chi connectivity index (χ1v) is 12.7. The SMILES string of the molecule is CCCCCC(=O)N1c2ccccc2NC2=C(C(=O)C[C@H](c3ccc(F)cc3)C2)[C@H]1c1cccnc1. The molecule has 0 unspecified atom stereocenters. The number of para-hydroxylation sites is 2. The van der Waals surface area contributed by atoms with E-state index in [1.165, 1.54) is 12.1 Å². The Morgan fingerprint density at radius 1 is 1.03 bits per heavy atom. The Morgan fingerprint density at radius 3 is 2.58 bits per heavy atom. The standard InChI is InChI=1S/C30H30FN3O2/c1-2-3-4-11-28(36)34-26-10-6-5-9-24(26)33-25-17-22(20-12-14-23(31)15-13-20)18-27(35)29(25)30(34)21-8-7-16-32-19-21/h5-10,12-16,19,22,30,33H,2-4,11,17-18H2,1H3/t22-,30-/m1/s1. The first-order chi connectivity index (χ1) is 17.6. The van der Waals surface area contributed by atoms with E-state index < -0.39 is 6.04 Å². The summed E-state index contributed by atoms with van der Waals surface area (Å²) in [6, 6.07) is 17.3. The Labute approximate surface area is 211 Å². The van der Waals surface area contributed by atoms with Crippen molar-refractivity contribution in [2.45, 2.75) is 57.4 Å². The molecule has 1 aliphatic carbocycles. The molecule has 0 radical (unpaired) electrons. The number of benzene rings is 2. The predicted octanol–water partition coefficient (Wildman–Crippen LogP) is 6.70. The van der Waals surface area contributed by atoms with Crippen molar-refractivity contribution in [3.63, 3.8) is 0 Å². The van der Waals surface area contributed by atoms with Gasteiger partial charge in [-0.3, -0.25) is 19.5 Å². The Morgan fingerprint density at radius 2 is 1.83 bits per heavy atom. The largest absolute Gasteiger partial charge is 0.357 e. The minimum Gasteiger partial charge on any atom is -0.357 e. The minimum absolute atomic E-state index is 0.00578.